The van der Waals surface area contributed by atoms with Gasteiger partial charge in [0, 0.05) is 23.9 Å². The number of benzene rings is 1. The lowest BCUT2D eigenvalue weighted by atomic mass is 10.1. The Morgan fingerprint density at radius 1 is 1.33 bits per heavy atom. The summed E-state index contributed by atoms with van der Waals surface area (Å²) in [5.41, 5.74) is 1.21. The molecule has 2 rings (SSSR count). The highest BCUT2D eigenvalue weighted by Gasteiger charge is 2.18. The first-order chi connectivity index (χ1) is 9.54. The summed E-state index contributed by atoms with van der Waals surface area (Å²) in [6.45, 7) is 2.42. The smallest absolute Gasteiger partial charge is 0.225 e. The molecule has 3 N–H and O–H groups in total. The number of rotatable bonds is 4. The molecule has 5 nitrogen and oxygen atoms in total. The van der Waals surface area contributed by atoms with Crippen molar-refractivity contribution >= 4 is 51.5 Å². The molecule has 0 saturated carbocycles. The van der Waals surface area contributed by atoms with Crippen LogP contribution in [0, 0.1) is 0 Å². The minimum atomic E-state index is -0.166. The third-order valence-electron chi connectivity index (χ3n) is 3.16. The Hall–Kier alpha value is -1.11. The number of anilines is 2. The summed E-state index contributed by atoms with van der Waals surface area (Å²) in [5.74, 6) is -0.214. The molecule has 1 aliphatic rings. The Bertz CT molecular complexity index is 519. The third-order valence-corrected chi connectivity index (χ3v) is 3.65. The van der Waals surface area contributed by atoms with E-state index in [0.29, 0.717) is 17.8 Å². The van der Waals surface area contributed by atoms with Crippen molar-refractivity contribution in [1.29, 1.82) is 0 Å². The van der Waals surface area contributed by atoms with E-state index in [-0.39, 0.29) is 30.3 Å². The number of halogens is 2. The van der Waals surface area contributed by atoms with E-state index in [2.05, 4.69) is 31.9 Å². The van der Waals surface area contributed by atoms with Crippen LogP contribution in [0.5, 0.6) is 0 Å². The zero-order chi connectivity index (χ0) is 14.5. The predicted molar refractivity (Wildman–Crippen MR) is 90.0 cm³/mol. The number of hydrogen-bond acceptors (Lipinski definition) is 3. The fraction of sp³-hybridized carbons (Fsp3) is 0.429. The first kappa shape index (κ1) is 17.9. The van der Waals surface area contributed by atoms with Crippen molar-refractivity contribution in [2.45, 2.75) is 32.2 Å². The van der Waals surface area contributed by atoms with E-state index in [4.69, 9.17) is 0 Å². The minimum absolute atomic E-state index is 0. The van der Waals surface area contributed by atoms with Crippen molar-refractivity contribution in [2.75, 3.05) is 17.2 Å². The van der Waals surface area contributed by atoms with Crippen molar-refractivity contribution < 1.29 is 9.59 Å². The molecule has 1 unspecified atom stereocenters. The summed E-state index contributed by atoms with van der Waals surface area (Å²) >= 11 is 3.36. The van der Waals surface area contributed by atoms with Gasteiger partial charge in [-0.2, -0.15) is 0 Å². The Balaban J connectivity index is 0.00000220. The highest BCUT2D eigenvalue weighted by Crippen LogP contribution is 2.26. The maximum Gasteiger partial charge on any atom is 0.225 e. The first-order valence-electron chi connectivity index (χ1n) is 6.65. The van der Waals surface area contributed by atoms with Gasteiger partial charge in [0.25, 0.3) is 0 Å². The van der Waals surface area contributed by atoms with Gasteiger partial charge in [-0.25, -0.2) is 0 Å². The number of nitrogens with one attached hydrogen (secondary N) is 3. The first-order valence-corrected chi connectivity index (χ1v) is 7.44. The third kappa shape index (κ3) is 5.65. The van der Waals surface area contributed by atoms with Gasteiger partial charge in [0.15, 0.2) is 0 Å². The molecule has 0 bridgehead atoms. The van der Waals surface area contributed by atoms with Crippen molar-refractivity contribution in [3.05, 3.63) is 22.7 Å². The van der Waals surface area contributed by atoms with Gasteiger partial charge in [0.05, 0.1) is 11.4 Å². The highest BCUT2D eigenvalue weighted by molar-refractivity contribution is 9.10. The molecule has 7 heteroatoms. The lowest BCUT2D eigenvalue weighted by Gasteiger charge is -2.14. The van der Waals surface area contributed by atoms with Gasteiger partial charge in [-0.15, -0.1) is 12.4 Å². The van der Waals surface area contributed by atoms with Crippen molar-refractivity contribution in [2.24, 2.45) is 0 Å². The van der Waals surface area contributed by atoms with Gasteiger partial charge >= 0.3 is 0 Å². The van der Waals surface area contributed by atoms with E-state index in [9.17, 15) is 9.59 Å². The van der Waals surface area contributed by atoms with Crippen LogP contribution in [0.3, 0.4) is 0 Å². The van der Waals surface area contributed by atoms with E-state index < -0.39 is 0 Å². The number of carbonyl (C=O) groups excluding carboxylic acids is 2. The molecule has 1 fully saturated rings. The van der Waals surface area contributed by atoms with Gasteiger partial charge in [0.1, 0.15) is 0 Å². The number of carbonyl (C=O) groups is 2. The van der Waals surface area contributed by atoms with Gasteiger partial charge in [-0.05, 0) is 37.6 Å². The van der Waals surface area contributed by atoms with Crippen LogP contribution < -0.4 is 16.0 Å². The second-order valence-corrected chi connectivity index (χ2v) is 5.83. The molecule has 2 amide bonds. The Morgan fingerprint density at radius 3 is 2.71 bits per heavy atom. The standard InChI is InChI=1S/C14H18BrN3O2.ClH/c1-9(19)17-12-5-4-10(15)7-13(12)18-14(20)8-11-3-2-6-16-11;/h4-5,7,11,16H,2-3,6,8H2,1H3,(H,17,19)(H,18,20);1H. The molecule has 0 spiro atoms. The van der Waals surface area contributed by atoms with E-state index in [0.717, 1.165) is 23.9 Å². The Morgan fingerprint density at radius 2 is 2.10 bits per heavy atom. The fourth-order valence-corrected chi connectivity index (χ4v) is 2.64. The maximum absolute atomic E-state index is 12.0. The molecule has 1 aromatic rings. The zero-order valence-electron chi connectivity index (χ0n) is 11.7. The average Bonchev–Trinajstić information content (AvgIpc) is 2.84. The van der Waals surface area contributed by atoms with Crippen molar-refractivity contribution in [1.82, 2.24) is 5.32 Å². The average molecular weight is 377 g/mol. The summed E-state index contributed by atoms with van der Waals surface area (Å²) in [4.78, 5) is 23.2. The number of hydrogen-bond donors (Lipinski definition) is 3. The van der Waals surface area contributed by atoms with Crippen LogP contribution in [-0.2, 0) is 9.59 Å². The summed E-state index contributed by atoms with van der Waals surface area (Å²) in [6, 6.07) is 5.62. The lowest BCUT2D eigenvalue weighted by Crippen LogP contribution is -2.27. The Kier molecular flexibility index (Phi) is 7.14. The fourth-order valence-electron chi connectivity index (χ4n) is 2.27. The van der Waals surface area contributed by atoms with E-state index >= 15 is 0 Å². The summed E-state index contributed by atoms with van der Waals surface area (Å²) in [7, 11) is 0. The van der Waals surface area contributed by atoms with Gasteiger partial charge in [-0.3, -0.25) is 9.59 Å². The van der Waals surface area contributed by atoms with Gasteiger partial charge in [0.2, 0.25) is 11.8 Å². The molecule has 1 aliphatic heterocycles. The molecule has 1 heterocycles. The van der Waals surface area contributed by atoms with Crippen molar-refractivity contribution in [3.8, 4) is 0 Å². The summed E-state index contributed by atoms with van der Waals surface area (Å²) in [6.07, 6.45) is 2.60. The zero-order valence-corrected chi connectivity index (χ0v) is 14.1. The topological polar surface area (TPSA) is 70.2 Å². The molecular formula is C14H19BrClN3O2. The molecule has 1 saturated heterocycles. The molecule has 0 radical (unpaired) electrons. The van der Waals surface area contributed by atoms with Crippen LogP contribution in [0.15, 0.2) is 22.7 Å². The maximum atomic E-state index is 12.0. The SMILES string of the molecule is CC(=O)Nc1ccc(Br)cc1NC(=O)CC1CCCN1.Cl. The van der Waals surface area contributed by atoms with Gasteiger partial charge < -0.3 is 16.0 Å². The van der Waals surface area contributed by atoms with Crippen LogP contribution in [-0.4, -0.2) is 24.4 Å². The summed E-state index contributed by atoms with van der Waals surface area (Å²) in [5, 5.41) is 8.86. The molecule has 116 valence electrons. The molecule has 1 aromatic carbocycles. The van der Waals surface area contributed by atoms with Crippen molar-refractivity contribution in [3.63, 3.8) is 0 Å². The second-order valence-electron chi connectivity index (χ2n) is 4.92. The normalized spacial score (nSPS) is 17.0. The van der Waals surface area contributed by atoms with Crippen LogP contribution in [0.2, 0.25) is 0 Å². The lowest BCUT2D eigenvalue weighted by molar-refractivity contribution is -0.117. The van der Waals surface area contributed by atoms with Crippen LogP contribution in [0.25, 0.3) is 0 Å². The summed E-state index contributed by atoms with van der Waals surface area (Å²) < 4.78 is 0.848. The van der Waals surface area contributed by atoms with E-state index in [1.165, 1.54) is 6.92 Å². The molecule has 21 heavy (non-hydrogen) atoms. The number of amides is 2. The van der Waals surface area contributed by atoms with Crippen LogP contribution in [0.4, 0.5) is 11.4 Å². The molecule has 0 aliphatic carbocycles. The highest BCUT2D eigenvalue weighted by atomic mass is 79.9. The quantitative estimate of drug-likeness (QED) is 0.757. The molecule has 0 aromatic heterocycles. The predicted octanol–water partition coefficient (Wildman–Crippen LogP) is 2.91. The molecule has 1 atom stereocenters. The van der Waals surface area contributed by atoms with E-state index in [1.54, 1.807) is 12.1 Å². The largest absolute Gasteiger partial charge is 0.325 e. The minimum Gasteiger partial charge on any atom is -0.325 e. The molecular weight excluding hydrogens is 358 g/mol. The van der Waals surface area contributed by atoms with Crippen LogP contribution in [0.1, 0.15) is 26.2 Å². The Labute approximate surface area is 138 Å². The second kappa shape index (κ2) is 8.36. The van der Waals surface area contributed by atoms with E-state index in [1.807, 2.05) is 6.07 Å². The van der Waals surface area contributed by atoms with Gasteiger partial charge in [-0.1, -0.05) is 15.9 Å². The van der Waals surface area contributed by atoms with Crippen LogP contribution >= 0.6 is 28.3 Å². The monoisotopic (exact) mass is 375 g/mol.